The van der Waals surface area contributed by atoms with Crippen molar-refractivity contribution in [2.24, 2.45) is 17.8 Å². The molecule has 0 unspecified atom stereocenters. The first kappa shape index (κ1) is 47.3. The first-order chi connectivity index (χ1) is 33.4. The van der Waals surface area contributed by atoms with Gasteiger partial charge in [0.2, 0.25) is 5.91 Å². The fraction of sp³-hybridized carbons (Fsp3) is 0.434. The lowest BCUT2D eigenvalue weighted by atomic mass is 9.99. The highest BCUT2D eigenvalue weighted by Crippen LogP contribution is 2.39. The molecular formula is C53H63N9O7. The first-order valence-corrected chi connectivity index (χ1v) is 24.3. The van der Waals surface area contributed by atoms with Gasteiger partial charge in [-0.05, 0) is 83.7 Å². The minimum Gasteiger partial charge on any atom is -0.453 e. The molecule has 3 aliphatic rings. The number of aromatic amines is 2. The number of H-pyrrole nitrogens is 2. The number of alkyl carbamates (subject to hydrolysis) is 1. The maximum Gasteiger partial charge on any atom is 0.427 e. The van der Waals surface area contributed by atoms with E-state index < -0.39 is 24.3 Å². The summed E-state index contributed by atoms with van der Waals surface area (Å²) in [4.78, 5) is 79.3. The van der Waals surface area contributed by atoms with Crippen molar-refractivity contribution in [3.63, 3.8) is 0 Å². The van der Waals surface area contributed by atoms with Crippen LogP contribution in [0.2, 0.25) is 0 Å². The van der Waals surface area contributed by atoms with Crippen molar-refractivity contribution >= 4 is 45.8 Å². The van der Waals surface area contributed by atoms with E-state index in [1.165, 1.54) is 37.9 Å². The van der Waals surface area contributed by atoms with Crippen LogP contribution in [0, 0.1) is 17.8 Å². The van der Waals surface area contributed by atoms with Gasteiger partial charge in [-0.15, -0.1) is 5.06 Å². The summed E-state index contributed by atoms with van der Waals surface area (Å²) in [5.74, 6) is 1.60. The van der Waals surface area contributed by atoms with E-state index in [2.05, 4.69) is 69.1 Å². The Bertz CT molecular complexity index is 2770. The molecule has 0 radical (unpaired) electrons. The third-order valence-corrected chi connectivity index (χ3v) is 13.9. The maximum absolute atomic E-state index is 14.3. The van der Waals surface area contributed by atoms with Crippen LogP contribution < -0.4 is 10.6 Å². The van der Waals surface area contributed by atoms with Gasteiger partial charge >= 0.3 is 12.2 Å². The van der Waals surface area contributed by atoms with E-state index >= 15 is 0 Å². The van der Waals surface area contributed by atoms with E-state index in [0.717, 1.165) is 63.6 Å². The van der Waals surface area contributed by atoms with Crippen LogP contribution in [0.4, 0.5) is 9.59 Å². The van der Waals surface area contributed by atoms with E-state index in [9.17, 15) is 19.2 Å². The predicted octanol–water partition coefficient (Wildman–Crippen LogP) is 8.86. The quantitative estimate of drug-likeness (QED) is 0.0725. The molecule has 5 atom stereocenters. The Labute approximate surface area is 402 Å². The van der Waals surface area contributed by atoms with Gasteiger partial charge < -0.3 is 44.7 Å². The van der Waals surface area contributed by atoms with Crippen LogP contribution in [0.5, 0.6) is 0 Å². The zero-order chi connectivity index (χ0) is 48.2. The number of benzene rings is 4. The summed E-state index contributed by atoms with van der Waals surface area (Å²) in [5.41, 5.74) is 6.28. The summed E-state index contributed by atoms with van der Waals surface area (Å²) in [6.07, 6.45) is 7.64. The monoisotopic (exact) mass is 937 g/mol. The molecule has 4 N–H and O–H groups in total. The minimum absolute atomic E-state index is 0.123. The average Bonchev–Trinajstić information content (AvgIpc) is 4.22. The van der Waals surface area contributed by atoms with Crippen molar-refractivity contribution in [3.05, 3.63) is 108 Å². The molecule has 16 heteroatoms. The van der Waals surface area contributed by atoms with Crippen LogP contribution in [0.15, 0.2) is 91.1 Å². The summed E-state index contributed by atoms with van der Waals surface area (Å²) in [6.45, 7) is 6.20. The standard InChI is InChI=1S/C53H63N9O7/c1-32(2)45(58-52(65)67-5)50(63)62-29-34(31-68-30-33-12-9-10-13-33)26-44(62)49-55-41-24-22-39-27-38(21-23-40(39)47(41)57-49)35-17-19-36(20-18-35)42-28-54-48(56-42)43-16-11-25-61(43)51(64)46(37-14-7-6-8-15-37)59-53(66)69-60(3)4/h6-8,14-15,17-24,27-28,32-34,43-46H,9-13,16,25-26,29-31H2,1-5H3,(H,54,56)(H,55,57)(H,58,65)(H,59,66)/t34-,43-,44-,45-,46+/m0/s1. The number of fused-ring (bicyclic) bond motifs is 3. The molecular weight excluding hydrogens is 875 g/mol. The molecule has 16 nitrogen and oxygen atoms in total. The number of ether oxygens (including phenoxy) is 2. The van der Waals surface area contributed by atoms with Crippen molar-refractivity contribution in [2.45, 2.75) is 83.0 Å². The van der Waals surface area contributed by atoms with E-state index in [4.69, 9.17) is 24.3 Å². The molecule has 69 heavy (non-hydrogen) atoms. The van der Waals surface area contributed by atoms with E-state index in [-0.39, 0.29) is 35.7 Å². The summed E-state index contributed by atoms with van der Waals surface area (Å²) in [5, 5.41) is 8.86. The number of carbonyl (C=O) groups is 4. The van der Waals surface area contributed by atoms with Crippen LogP contribution in [0.1, 0.15) is 94.1 Å². The molecule has 2 aromatic heterocycles. The van der Waals surface area contributed by atoms with Gasteiger partial charge in [0.05, 0.1) is 48.7 Å². The highest BCUT2D eigenvalue weighted by atomic mass is 16.7. The topological polar surface area (TPSA) is 187 Å². The molecule has 9 rings (SSSR count). The molecule has 4 aromatic carbocycles. The third kappa shape index (κ3) is 10.5. The number of amides is 4. The maximum atomic E-state index is 14.3. The average molecular weight is 938 g/mol. The van der Waals surface area contributed by atoms with Gasteiger partial charge in [-0.2, -0.15) is 0 Å². The smallest absolute Gasteiger partial charge is 0.427 e. The summed E-state index contributed by atoms with van der Waals surface area (Å²) in [7, 11) is 4.51. The number of carbonyl (C=O) groups excluding carboxylic acids is 4. The number of hydroxylamine groups is 2. The highest BCUT2D eigenvalue weighted by Gasteiger charge is 2.42. The van der Waals surface area contributed by atoms with Crippen molar-refractivity contribution in [1.82, 2.24) is 45.4 Å². The van der Waals surface area contributed by atoms with Crippen LogP contribution in [-0.4, -0.2) is 112 Å². The Balaban J connectivity index is 0.911. The summed E-state index contributed by atoms with van der Waals surface area (Å²) in [6, 6.07) is 25.8. The van der Waals surface area contributed by atoms with Crippen molar-refractivity contribution in [1.29, 1.82) is 0 Å². The molecule has 1 saturated carbocycles. The first-order valence-electron chi connectivity index (χ1n) is 24.3. The fourth-order valence-corrected chi connectivity index (χ4v) is 10.4. The molecule has 1 aliphatic carbocycles. The molecule has 2 aliphatic heterocycles. The molecule has 4 heterocycles. The Morgan fingerprint density at radius 2 is 1.51 bits per heavy atom. The van der Waals surface area contributed by atoms with Gasteiger partial charge in [0, 0.05) is 45.1 Å². The lowest BCUT2D eigenvalue weighted by Gasteiger charge is -2.30. The Morgan fingerprint density at radius 3 is 2.25 bits per heavy atom. The van der Waals surface area contributed by atoms with Crippen LogP contribution in [-0.2, 0) is 23.9 Å². The van der Waals surface area contributed by atoms with Gasteiger partial charge in [-0.1, -0.05) is 99.5 Å². The second-order valence-electron chi connectivity index (χ2n) is 19.3. The highest BCUT2D eigenvalue weighted by molar-refractivity contribution is 6.05. The molecule has 4 amide bonds. The fourth-order valence-electron chi connectivity index (χ4n) is 10.4. The van der Waals surface area contributed by atoms with Gasteiger partial charge in [0.25, 0.3) is 5.91 Å². The molecule has 0 bridgehead atoms. The Kier molecular flexibility index (Phi) is 14.3. The van der Waals surface area contributed by atoms with Gasteiger partial charge in [0.15, 0.2) is 0 Å². The van der Waals surface area contributed by atoms with Gasteiger partial charge in [0.1, 0.15) is 23.7 Å². The molecule has 3 fully saturated rings. The summed E-state index contributed by atoms with van der Waals surface area (Å²) < 4.78 is 11.2. The molecule has 362 valence electrons. The minimum atomic E-state index is -0.926. The number of aromatic nitrogens is 4. The lowest BCUT2D eigenvalue weighted by Crippen LogP contribution is -2.51. The predicted molar refractivity (Wildman–Crippen MR) is 262 cm³/mol. The normalized spacial score (nSPS) is 19.4. The summed E-state index contributed by atoms with van der Waals surface area (Å²) >= 11 is 0. The number of nitrogens with one attached hydrogen (secondary N) is 4. The third-order valence-electron chi connectivity index (χ3n) is 13.9. The van der Waals surface area contributed by atoms with E-state index in [1.807, 2.05) is 55.1 Å². The Hall–Kier alpha value is -6.78. The number of hydrogen-bond donors (Lipinski definition) is 4. The second kappa shape index (κ2) is 20.8. The largest absolute Gasteiger partial charge is 0.453 e. The number of hydrogen-bond acceptors (Lipinski definition) is 10. The number of methoxy groups -OCH3 is 1. The van der Waals surface area contributed by atoms with Crippen LogP contribution >= 0.6 is 0 Å². The Morgan fingerprint density at radius 1 is 0.768 bits per heavy atom. The molecule has 6 aromatic rings. The zero-order valence-corrected chi connectivity index (χ0v) is 40.1. The van der Waals surface area contributed by atoms with Crippen molar-refractivity contribution < 1.29 is 33.5 Å². The van der Waals surface area contributed by atoms with Crippen molar-refractivity contribution in [3.8, 4) is 22.4 Å². The molecule has 0 spiro atoms. The van der Waals surface area contributed by atoms with E-state index in [1.54, 1.807) is 25.2 Å². The van der Waals surface area contributed by atoms with E-state index in [0.29, 0.717) is 49.2 Å². The van der Waals surface area contributed by atoms with Gasteiger partial charge in [-0.25, -0.2) is 19.6 Å². The number of nitrogens with zero attached hydrogens (tertiary/aromatic N) is 5. The van der Waals surface area contributed by atoms with Crippen LogP contribution in [0.25, 0.3) is 44.2 Å². The van der Waals surface area contributed by atoms with Gasteiger partial charge in [-0.3, -0.25) is 9.59 Å². The second-order valence-corrected chi connectivity index (χ2v) is 19.3. The zero-order valence-electron chi connectivity index (χ0n) is 40.1. The number of rotatable bonds is 15. The number of imidazole rings is 2. The molecule has 2 saturated heterocycles. The lowest BCUT2D eigenvalue weighted by molar-refractivity contribution is -0.136. The SMILES string of the molecule is COC(=O)N[C@H](C(=O)N1C[C@@H](COCC2CCCC2)C[C@H]1c1nc2c(ccc3cc(-c4ccc(-c5cnc([C@@H]6CCCN6C(=O)[C@H](NC(=O)ON(C)C)c6ccccc6)[nH]5)cc4)ccc32)[nH]1)C(C)C. The van der Waals surface area contributed by atoms with Crippen LogP contribution in [0.3, 0.4) is 0 Å². The number of likely N-dealkylation sites (tertiary alicyclic amines) is 2. The van der Waals surface area contributed by atoms with Crippen molar-refractivity contribution in [2.75, 3.05) is 47.5 Å².